The average Bonchev–Trinajstić information content (AvgIpc) is 3.06. The molecule has 1 saturated carbocycles. The van der Waals surface area contributed by atoms with Crippen LogP contribution >= 0.6 is 0 Å². The van der Waals surface area contributed by atoms with E-state index >= 15 is 0 Å². The number of anilines is 1. The first-order valence-electron chi connectivity index (χ1n) is 11.2. The fraction of sp³-hybridized carbons (Fsp3) is 0.360. The first kappa shape index (κ1) is 22.5. The number of ether oxygens (including phenoxy) is 1. The maximum absolute atomic E-state index is 12.7. The highest BCUT2D eigenvalue weighted by atomic mass is 16.5. The molecule has 2 N–H and O–H groups in total. The summed E-state index contributed by atoms with van der Waals surface area (Å²) >= 11 is 0. The molecular weight excluding hydrogens is 422 g/mol. The Morgan fingerprint density at radius 3 is 2.30 bits per heavy atom. The third kappa shape index (κ3) is 5.22. The molecular formula is C25H27N3O5. The predicted molar refractivity (Wildman–Crippen MR) is 122 cm³/mol. The summed E-state index contributed by atoms with van der Waals surface area (Å²) < 4.78 is 5.02. The van der Waals surface area contributed by atoms with Gasteiger partial charge in [0.15, 0.2) is 6.61 Å². The van der Waals surface area contributed by atoms with Crippen molar-refractivity contribution in [2.45, 2.75) is 44.1 Å². The van der Waals surface area contributed by atoms with Crippen molar-refractivity contribution in [2.24, 2.45) is 0 Å². The topological polar surface area (TPSA) is 105 Å². The van der Waals surface area contributed by atoms with Gasteiger partial charge in [0.05, 0.1) is 6.42 Å². The van der Waals surface area contributed by atoms with Crippen molar-refractivity contribution >= 4 is 29.5 Å². The number of imide groups is 1. The second-order valence-electron chi connectivity index (χ2n) is 8.43. The molecule has 1 aliphatic heterocycles. The second-order valence-corrected chi connectivity index (χ2v) is 8.43. The molecule has 0 radical (unpaired) electrons. The third-order valence-corrected chi connectivity index (χ3v) is 6.13. The summed E-state index contributed by atoms with van der Waals surface area (Å²) in [7, 11) is 0. The van der Waals surface area contributed by atoms with Gasteiger partial charge in [-0.25, -0.2) is 4.79 Å². The van der Waals surface area contributed by atoms with E-state index in [9.17, 15) is 19.2 Å². The van der Waals surface area contributed by atoms with Gasteiger partial charge in [-0.3, -0.25) is 19.3 Å². The minimum absolute atomic E-state index is 0.0617. The standard InChI is InChI=1S/C25H27N3O5/c29-21(26-20-11-9-19(10-12-20)18-7-3-1-4-8-18)17-33-22(30)13-16-28-23(31)25(27-24(28)32)14-5-2-6-15-25/h1,3-4,7-12H,2,5-6,13-17H2,(H,26,29)(H,27,32). The molecule has 2 aliphatic rings. The van der Waals surface area contributed by atoms with Crippen LogP contribution in [-0.2, 0) is 19.1 Å². The fourth-order valence-corrected chi connectivity index (χ4v) is 4.37. The van der Waals surface area contributed by atoms with Gasteiger partial charge in [-0.15, -0.1) is 0 Å². The van der Waals surface area contributed by atoms with E-state index in [0.717, 1.165) is 35.3 Å². The van der Waals surface area contributed by atoms with E-state index in [4.69, 9.17) is 4.74 Å². The lowest BCUT2D eigenvalue weighted by Crippen LogP contribution is -2.48. The monoisotopic (exact) mass is 449 g/mol. The van der Waals surface area contributed by atoms with Gasteiger partial charge in [-0.05, 0) is 36.1 Å². The number of hydrogen-bond donors (Lipinski definition) is 2. The van der Waals surface area contributed by atoms with E-state index in [0.29, 0.717) is 18.5 Å². The third-order valence-electron chi connectivity index (χ3n) is 6.13. The van der Waals surface area contributed by atoms with E-state index in [-0.39, 0.29) is 18.9 Å². The molecule has 1 spiro atoms. The van der Waals surface area contributed by atoms with E-state index in [1.54, 1.807) is 12.1 Å². The Labute approximate surface area is 192 Å². The van der Waals surface area contributed by atoms with Crippen molar-refractivity contribution in [3.63, 3.8) is 0 Å². The Kier molecular flexibility index (Phi) is 6.72. The SMILES string of the molecule is O=C(COC(=O)CCN1C(=O)NC2(CCCCC2)C1=O)Nc1ccc(-c2ccccc2)cc1. The Morgan fingerprint density at radius 2 is 1.61 bits per heavy atom. The molecule has 2 aromatic rings. The Hall–Kier alpha value is -3.68. The number of carbonyl (C=O) groups is 4. The van der Waals surface area contributed by atoms with Crippen LogP contribution in [0.4, 0.5) is 10.5 Å². The van der Waals surface area contributed by atoms with Gasteiger partial charge >= 0.3 is 12.0 Å². The molecule has 8 nitrogen and oxygen atoms in total. The Bertz CT molecular complexity index is 1030. The number of nitrogens with one attached hydrogen (secondary N) is 2. The van der Waals surface area contributed by atoms with Crippen molar-refractivity contribution in [2.75, 3.05) is 18.5 Å². The summed E-state index contributed by atoms with van der Waals surface area (Å²) in [6.07, 6.45) is 3.94. The van der Waals surface area contributed by atoms with Crippen LogP contribution in [-0.4, -0.2) is 47.4 Å². The molecule has 2 aromatic carbocycles. The molecule has 2 fully saturated rings. The van der Waals surface area contributed by atoms with Crippen LogP contribution in [0.2, 0.25) is 0 Å². The zero-order valence-electron chi connectivity index (χ0n) is 18.3. The Morgan fingerprint density at radius 1 is 0.939 bits per heavy atom. The molecule has 172 valence electrons. The van der Waals surface area contributed by atoms with Gasteiger partial charge in [0.2, 0.25) is 0 Å². The molecule has 1 aliphatic carbocycles. The van der Waals surface area contributed by atoms with E-state index in [1.165, 1.54) is 0 Å². The molecule has 33 heavy (non-hydrogen) atoms. The van der Waals surface area contributed by atoms with Crippen LogP contribution in [0.3, 0.4) is 0 Å². The summed E-state index contributed by atoms with van der Waals surface area (Å²) in [6.45, 7) is -0.503. The lowest BCUT2D eigenvalue weighted by atomic mass is 9.82. The lowest BCUT2D eigenvalue weighted by molar-refractivity contribution is -0.147. The van der Waals surface area contributed by atoms with Crippen LogP contribution in [0.25, 0.3) is 11.1 Å². The maximum Gasteiger partial charge on any atom is 0.325 e. The van der Waals surface area contributed by atoms with Crippen molar-refractivity contribution in [1.82, 2.24) is 10.2 Å². The van der Waals surface area contributed by atoms with Crippen LogP contribution in [0, 0.1) is 0 Å². The van der Waals surface area contributed by atoms with Gasteiger partial charge in [0.25, 0.3) is 11.8 Å². The normalized spacial score (nSPS) is 17.0. The van der Waals surface area contributed by atoms with E-state index in [1.807, 2.05) is 42.5 Å². The lowest BCUT2D eigenvalue weighted by Gasteiger charge is -2.30. The van der Waals surface area contributed by atoms with Gasteiger partial charge in [-0.2, -0.15) is 0 Å². The largest absolute Gasteiger partial charge is 0.456 e. The summed E-state index contributed by atoms with van der Waals surface area (Å²) in [5, 5.41) is 5.49. The number of urea groups is 1. The minimum Gasteiger partial charge on any atom is -0.456 e. The molecule has 1 saturated heterocycles. The van der Waals surface area contributed by atoms with Crippen molar-refractivity contribution in [1.29, 1.82) is 0 Å². The fourth-order valence-electron chi connectivity index (χ4n) is 4.37. The van der Waals surface area contributed by atoms with Crippen molar-refractivity contribution in [3.8, 4) is 11.1 Å². The van der Waals surface area contributed by atoms with Gasteiger partial charge in [0.1, 0.15) is 5.54 Å². The number of nitrogens with zero attached hydrogens (tertiary/aromatic N) is 1. The number of amides is 4. The molecule has 0 aromatic heterocycles. The zero-order chi connectivity index (χ0) is 23.3. The summed E-state index contributed by atoms with van der Waals surface area (Å²) in [5.41, 5.74) is 1.88. The van der Waals surface area contributed by atoms with Crippen LogP contribution < -0.4 is 10.6 Å². The second kappa shape index (κ2) is 9.85. The predicted octanol–water partition coefficient (Wildman–Crippen LogP) is 3.48. The van der Waals surface area contributed by atoms with Crippen molar-refractivity contribution in [3.05, 3.63) is 54.6 Å². The van der Waals surface area contributed by atoms with E-state index < -0.39 is 30.1 Å². The highest BCUT2D eigenvalue weighted by Crippen LogP contribution is 2.33. The first-order valence-corrected chi connectivity index (χ1v) is 11.2. The van der Waals surface area contributed by atoms with Gasteiger partial charge < -0.3 is 15.4 Å². The van der Waals surface area contributed by atoms with E-state index in [2.05, 4.69) is 10.6 Å². The molecule has 1 heterocycles. The number of carbonyl (C=O) groups excluding carboxylic acids is 4. The molecule has 0 atom stereocenters. The summed E-state index contributed by atoms with van der Waals surface area (Å²) in [5.74, 6) is -1.38. The molecule has 0 bridgehead atoms. The smallest absolute Gasteiger partial charge is 0.325 e. The highest BCUT2D eigenvalue weighted by Gasteiger charge is 2.51. The molecule has 4 amide bonds. The zero-order valence-corrected chi connectivity index (χ0v) is 18.3. The quantitative estimate of drug-likeness (QED) is 0.497. The summed E-state index contributed by atoms with van der Waals surface area (Å²) in [4.78, 5) is 50.2. The number of hydrogen-bond acceptors (Lipinski definition) is 5. The number of rotatable bonds is 7. The maximum atomic E-state index is 12.7. The number of esters is 1. The Balaban J connectivity index is 1.21. The number of benzene rings is 2. The van der Waals surface area contributed by atoms with Crippen LogP contribution in [0.15, 0.2) is 54.6 Å². The minimum atomic E-state index is -0.810. The average molecular weight is 450 g/mol. The van der Waals surface area contributed by atoms with Crippen LogP contribution in [0.5, 0.6) is 0 Å². The first-order chi connectivity index (χ1) is 16.0. The van der Waals surface area contributed by atoms with Crippen LogP contribution in [0.1, 0.15) is 38.5 Å². The molecule has 8 heteroatoms. The van der Waals surface area contributed by atoms with Gasteiger partial charge in [-0.1, -0.05) is 61.7 Å². The molecule has 4 rings (SSSR count). The summed E-state index contributed by atoms with van der Waals surface area (Å²) in [6, 6.07) is 16.8. The molecule has 0 unspecified atom stereocenters. The van der Waals surface area contributed by atoms with Crippen molar-refractivity contribution < 1.29 is 23.9 Å². The van der Waals surface area contributed by atoms with Gasteiger partial charge in [0, 0.05) is 12.2 Å². The highest BCUT2D eigenvalue weighted by molar-refractivity contribution is 6.07.